The summed E-state index contributed by atoms with van der Waals surface area (Å²) in [5.74, 6) is 0.963. The molecule has 0 bridgehead atoms. The molecule has 0 amide bonds. The van der Waals surface area contributed by atoms with Gasteiger partial charge in [0, 0.05) is 19.6 Å². The van der Waals surface area contributed by atoms with Crippen molar-refractivity contribution in [2.45, 2.75) is 13.0 Å². The second-order valence-corrected chi connectivity index (χ2v) is 3.94. The Hall–Kier alpha value is -0.510. The van der Waals surface area contributed by atoms with Crippen LogP contribution in [0.4, 0.5) is 0 Å². The van der Waals surface area contributed by atoms with Crippen molar-refractivity contribution in [1.82, 2.24) is 10.6 Å². The molecular formula is C12H20N2S. The smallest absolute Gasteiger partial charge is 0.0206 e. The number of hydrogen-bond donors (Lipinski definition) is 3. The van der Waals surface area contributed by atoms with Crippen molar-refractivity contribution >= 4 is 12.6 Å². The lowest BCUT2D eigenvalue weighted by atomic mass is 10.2. The van der Waals surface area contributed by atoms with Crippen LogP contribution >= 0.6 is 12.6 Å². The third-order valence-electron chi connectivity index (χ3n) is 2.16. The van der Waals surface area contributed by atoms with Crippen molar-refractivity contribution in [3.05, 3.63) is 35.9 Å². The molecule has 0 aliphatic heterocycles. The zero-order valence-corrected chi connectivity index (χ0v) is 9.97. The minimum absolute atomic E-state index is 0.953. The van der Waals surface area contributed by atoms with E-state index in [9.17, 15) is 0 Å². The highest BCUT2D eigenvalue weighted by molar-refractivity contribution is 7.80. The molecule has 0 saturated heterocycles. The number of benzene rings is 1. The normalized spacial score (nSPS) is 10.5. The summed E-state index contributed by atoms with van der Waals surface area (Å²) >= 11 is 4.16. The molecule has 2 nitrogen and oxygen atoms in total. The molecule has 0 aromatic heterocycles. The molecule has 1 aromatic carbocycles. The van der Waals surface area contributed by atoms with Crippen molar-refractivity contribution in [2.75, 3.05) is 25.4 Å². The van der Waals surface area contributed by atoms with Crippen LogP contribution in [0.25, 0.3) is 0 Å². The summed E-state index contributed by atoms with van der Waals surface area (Å²) in [7, 11) is 0. The standard InChI is InChI=1S/C12H20N2S/c15-10-4-7-13-8-9-14-11-12-5-2-1-3-6-12/h1-3,5-6,13-15H,4,7-11H2. The van der Waals surface area contributed by atoms with Gasteiger partial charge < -0.3 is 10.6 Å². The fourth-order valence-corrected chi connectivity index (χ4v) is 1.49. The molecule has 1 aromatic rings. The average molecular weight is 224 g/mol. The van der Waals surface area contributed by atoms with Crippen LogP contribution < -0.4 is 10.6 Å². The van der Waals surface area contributed by atoms with E-state index in [2.05, 4.69) is 47.5 Å². The molecule has 0 aliphatic carbocycles. The van der Waals surface area contributed by atoms with E-state index in [1.54, 1.807) is 0 Å². The molecule has 84 valence electrons. The van der Waals surface area contributed by atoms with E-state index in [0.29, 0.717) is 0 Å². The summed E-state index contributed by atoms with van der Waals surface area (Å²) < 4.78 is 0. The summed E-state index contributed by atoms with van der Waals surface area (Å²) in [6.45, 7) is 4.06. The summed E-state index contributed by atoms with van der Waals surface area (Å²) in [6, 6.07) is 10.5. The Morgan fingerprint density at radius 1 is 0.933 bits per heavy atom. The van der Waals surface area contributed by atoms with Crippen LogP contribution in [0.15, 0.2) is 30.3 Å². The number of thiol groups is 1. The first-order valence-electron chi connectivity index (χ1n) is 5.49. The van der Waals surface area contributed by atoms with Gasteiger partial charge in [-0.2, -0.15) is 12.6 Å². The highest BCUT2D eigenvalue weighted by Crippen LogP contribution is 1.96. The number of rotatable bonds is 8. The Morgan fingerprint density at radius 3 is 2.40 bits per heavy atom. The van der Waals surface area contributed by atoms with E-state index < -0.39 is 0 Å². The summed E-state index contributed by atoms with van der Waals surface area (Å²) in [5, 5.41) is 6.76. The van der Waals surface area contributed by atoms with Crippen molar-refractivity contribution in [1.29, 1.82) is 0 Å². The molecule has 0 unspecified atom stereocenters. The van der Waals surface area contributed by atoms with Crippen LogP contribution in [0.5, 0.6) is 0 Å². The largest absolute Gasteiger partial charge is 0.315 e. The topological polar surface area (TPSA) is 24.1 Å². The lowest BCUT2D eigenvalue weighted by Crippen LogP contribution is -2.27. The van der Waals surface area contributed by atoms with Crippen LogP contribution in [0.3, 0.4) is 0 Å². The first-order chi connectivity index (χ1) is 7.43. The molecule has 3 heteroatoms. The van der Waals surface area contributed by atoms with Crippen molar-refractivity contribution in [3.63, 3.8) is 0 Å². The first kappa shape index (κ1) is 12.6. The van der Waals surface area contributed by atoms with Gasteiger partial charge in [-0.3, -0.25) is 0 Å². The summed E-state index contributed by atoms with van der Waals surface area (Å²) in [4.78, 5) is 0. The summed E-state index contributed by atoms with van der Waals surface area (Å²) in [6.07, 6.45) is 1.14. The van der Waals surface area contributed by atoms with Crippen LogP contribution in [-0.4, -0.2) is 25.4 Å². The molecular weight excluding hydrogens is 204 g/mol. The van der Waals surface area contributed by atoms with Crippen LogP contribution in [0.2, 0.25) is 0 Å². The second kappa shape index (κ2) is 8.77. The maximum absolute atomic E-state index is 4.16. The third-order valence-corrected chi connectivity index (χ3v) is 2.48. The Labute approximate surface area is 97.9 Å². The maximum atomic E-state index is 4.16. The van der Waals surface area contributed by atoms with Gasteiger partial charge in [-0.1, -0.05) is 30.3 Å². The van der Waals surface area contributed by atoms with E-state index in [-0.39, 0.29) is 0 Å². The van der Waals surface area contributed by atoms with Gasteiger partial charge in [0.05, 0.1) is 0 Å². The molecule has 0 spiro atoms. The summed E-state index contributed by atoms with van der Waals surface area (Å²) in [5.41, 5.74) is 1.34. The predicted molar refractivity (Wildman–Crippen MR) is 69.5 cm³/mol. The molecule has 0 aliphatic rings. The Kier molecular flexibility index (Phi) is 7.34. The lowest BCUT2D eigenvalue weighted by molar-refractivity contribution is 0.608. The van der Waals surface area contributed by atoms with Gasteiger partial charge >= 0.3 is 0 Å². The quantitative estimate of drug-likeness (QED) is 0.462. The van der Waals surface area contributed by atoms with E-state index in [4.69, 9.17) is 0 Å². The SMILES string of the molecule is SCCCNCCNCc1ccccc1. The minimum atomic E-state index is 0.953. The van der Waals surface area contributed by atoms with Crippen LogP contribution in [0, 0.1) is 0 Å². The fourth-order valence-electron chi connectivity index (χ4n) is 1.33. The molecule has 0 saturated carbocycles. The van der Waals surface area contributed by atoms with E-state index in [1.165, 1.54) is 5.56 Å². The molecule has 15 heavy (non-hydrogen) atoms. The molecule has 0 radical (unpaired) electrons. The van der Waals surface area contributed by atoms with Crippen molar-refractivity contribution in [2.24, 2.45) is 0 Å². The highest BCUT2D eigenvalue weighted by Gasteiger charge is 1.90. The monoisotopic (exact) mass is 224 g/mol. The number of hydrogen-bond acceptors (Lipinski definition) is 3. The van der Waals surface area contributed by atoms with Crippen LogP contribution in [-0.2, 0) is 6.54 Å². The van der Waals surface area contributed by atoms with Crippen LogP contribution in [0.1, 0.15) is 12.0 Å². The maximum Gasteiger partial charge on any atom is 0.0206 e. The van der Waals surface area contributed by atoms with Gasteiger partial charge in [-0.05, 0) is 24.3 Å². The van der Waals surface area contributed by atoms with E-state index >= 15 is 0 Å². The Morgan fingerprint density at radius 2 is 1.67 bits per heavy atom. The van der Waals surface area contributed by atoms with Gasteiger partial charge in [-0.25, -0.2) is 0 Å². The van der Waals surface area contributed by atoms with Gasteiger partial charge in [0.25, 0.3) is 0 Å². The number of nitrogens with one attached hydrogen (secondary N) is 2. The van der Waals surface area contributed by atoms with Gasteiger partial charge in [0.15, 0.2) is 0 Å². The van der Waals surface area contributed by atoms with Gasteiger partial charge in [0.2, 0.25) is 0 Å². The highest BCUT2D eigenvalue weighted by atomic mass is 32.1. The van der Waals surface area contributed by atoms with E-state index in [1.807, 2.05) is 6.07 Å². The Bertz CT molecular complexity index is 239. The fraction of sp³-hybridized carbons (Fsp3) is 0.500. The van der Waals surface area contributed by atoms with Crippen molar-refractivity contribution in [3.8, 4) is 0 Å². The molecule has 0 heterocycles. The van der Waals surface area contributed by atoms with Gasteiger partial charge in [-0.15, -0.1) is 0 Å². The van der Waals surface area contributed by atoms with Crippen molar-refractivity contribution < 1.29 is 0 Å². The van der Waals surface area contributed by atoms with E-state index in [0.717, 1.165) is 38.4 Å². The molecule has 0 fully saturated rings. The third kappa shape index (κ3) is 6.55. The molecule has 0 atom stereocenters. The zero-order valence-electron chi connectivity index (χ0n) is 9.08. The molecule has 1 rings (SSSR count). The van der Waals surface area contributed by atoms with Gasteiger partial charge in [0.1, 0.15) is 0 Å². The second-order valence-electron chi connectivity index (χ2n) is 3.49. The zero-order chi connectivity index (χ0) is 10.8. The Balaban J connectivity index is 1.93. The lowest BCUT2D eigenvalue weighted by Gasteiger charge is -2.05. The molecule has 2 N–H and O–H groups in total. The minimum Gasteiger partial charge on any atom is -0.315 e. The average Bonchev–Trinajstić information content (AvgIpc) is 2.29. The predicted octanol–water partition coefficient (Wildman–Crippen LogP) is 1.69. The first-order valence-corrected chi connectivity index (χ1v) is 6.13.